The number of thiocarbonyl (C=S) groups is 1. The second-order valence-corrected chi connectivity index (χ2v) is 4.99. The van der Waals surface area contributed by atoms with Crippen LogP contribution in [-0.4, -0.2) is 70.7 Å². The molecule has 1 aromatic rings. The molecule has 124 valence electrons. The molecule has 1 fully saturated rings. The van der Waals surface area contributed by atoms with Crippen LogP contribution in [0.4, 0.5) is 5.82 Å². The SMILES string of the molecule is CNC(=O)c1[nH]cnc1NN=C(C(=O)N1CCOCC1)C(N)=S. The van der Waals surface area contributed by atoms with Crippen molar-refractivity contribution >= 4 is 40.6 Å². The minimum atomic E-state index is -0.398. The molecule has 0 atom stereocenters. The average molecular weight is 339 g/mol. The molecule has 11 heteroatoms. The zero-order valence-electron chi connectivity index (χ0n) is 12.5. The van der Waals surface area contributed by atoms with Crippen molar-refractivity contribution in [3.63, 3.8) is 0 Å². The molecule has 0 radical (unpaired) electrons. The lowest BCUT2D eigenvalue weighted by atomic mass is 10.3. The van der Waals surface area contributed by atoms with Gasteiger partial charge >= 0.3 is 0 Å². The number of hydrogen-bond acceptors (Lipinski definition) is 7. The van der Waals surface area contributed by atoms with Gasteiger partial charge in [0.2, 0.25) is 0 Å². The van der Waals surface area contributed by atoms with Crippen molar-refractivity contribution in [2.45, 2.75) is 0 Å². The van der Waals surface area contributed by atoms with Gasteiger partial charge in [0.15, 0.2) is 11.5 Å². The van der Waals surface area contributed by atoms with Gasteiger partial charge in [0.25, 0.3) is 11.8 Å². The molecule has 2 heterocycles. The Labute approximate surface area is 137 Å². The van der Waals surface area contributed by atoms with Gasteiger partial charge in [-0.05, 0) is 0 Å². The van der Waals surface area contributed by atoms with Crippen molar-refractivity contribution in [1.82, 2.24) is 20.2 Å². The van der Waals surface area contributed by atoms with E-state index in [1.807, 2.05) is 0 Å². The minimum absolute atomic E-state index is 0.104. The van der Waals surface area contributed by atoms with Crippen LogP contribution in [0.2, 0.25) is 0 Å². The number of aromatic amines is 1. The zero-order chi connectivity index (χ0) is 16.8. The molecule has 10 nitrogen and oxygen atoms in total. The summed E-state index contributed by atoms with van der Waals surface area (Å²) < 4.78 is 5.19. The summed E-state index contributed by atoms with van der Waals surface area (Å²) in [4.78, 5) is 32.0. The summed E-state index contributed by atoms with van der Waals surface area (Å²) in [6.45, 7) is 1.77. The summed E-state index contributed by atoms with van der Waals surface area (Å²) in [5.41, 5.74) is 8.20. The predicted molar refractivity (Wildman–Crippen MR) is 87.2 cm³/mol. The number of hydrazone groups is 1. The van der Waals surface area contributed by atoms with Gasteiger partial charge in [0, 0.05) is 20.1 Å². The van der Waals surface area contributed by atoms with E-state index in [4.69, 9.17) is 22.7 Å². The molecule has 1 aliphatic heterocycles. The van der Waals surface area contributed by atoms with Crippen LogP contribution in [0, 0.1) is 0 Å². The van der Waals surface area contributed by atoms with E-state index in [9.17, 15) is 9.59 Å². The van der Waals surface area contributed by atoms with Crippen molar-refractivity contribution in [2.75, 3.05) is 38.8 Å². The topological polar surface area (TPSA) is 138 Å². The number of rotatable bonds is 5. The second kappa shape index (κ2) is 7.65. The summed E-state index contributed by atoms with van der Waals surface area (Å²) in [6, 6.07) is 0. The molecule has 0 unspecified atom stereocenters. The van der Waals surface area contributed by atoms with Crippen LogP contribution in [0.25, 0.3) is 0 Å². The van der Waals surface area contributed by atoms with Gasteiger partial charge < -0.3 is 25.7 Å². The maximum atomic E-state index is 12.4. The lowest BCUT2D eigenvalue weighted by molar-refractivity contribution is -0.127. The Balaban J connectivity index is 2.16. The smallest absolute Gasteiger partial charge is 0.277 e. The van der Waals surface area contributed by atoms with Crippen molar-refractivity contribution in [3.8, 4) is 0 Å². The Kier molecular flexibility index (Phi) is 5.60. The largest absolute Gasteiger partial charge is 0.388 e. The molecule has 0 spiro atoms. The number of H-pyrrole nitrogens is 1. The van der Waals surface area contributed by atoms with E-state index in [2.05, 4.69) is 25.8 Å². The molecule has 0 aliphatic carbocycles. The van der Waals surface area contributed by atoms with Crippen LogP contribution < -0.4 is 16.5 Å². The third kappa shape index (κ3) is 4.02. The van der Waals surface area contributed by atoms with Gasteiger partial charge in [0.05, 0.1) is 19.5 Å². The number of morpholine rings is 1. The number of carbonyl (C=O) groups excluding carboxylic acids is 2. The number of nitrogens with zero attached hydrogens (tertiary/aromatic N) is 3. The standard InChI is InChI=1S/C12H17N7O3S/c1-14-11(20)8-10(16-6-15-8)18-17-7(9(13)23)12(21)19-2-4-22-5-3-19/h6,18H,2-5H2,1H3,(H2,13,23)(H,14,20)(H,15,16). The highest BCUT2D eigenvalue weighted by Crippen LogP contribution is 2.09. The Morgan fingerprint density at radius 1 is 1.48 bits per heavy atom. The Morgan fingerprint density at radius 3 is 2.78 bits per heavy atom. The maximum Gasteiger partial charge on any atom is 0.277 e. The third-order valence-electron chi connectivity index (χ3n) is 3.10. The first-order chi connectivity index (χ1) is 11.0. The van der Waals surface area contributed by atoms with Crippen LogP contribution in [0.15, 0.2) is 11.4 Å². The molecule has 1 aliphatic rings. The van der Waals surface area contributed by atoms with Gasteiger partial charge in [-0.1, -0.05) is 12.2 Å². The quantitative estimate of drug-likeness (QED) is 0.297. The van der Waals surface area contributed by atoms with E-state index < -0.39 is 5.91 Å². The molecular weight excluding hydrogens is 322 g/mol. The van der Waals surface area contributed by atoms with Crippen molar-refractivity contribution in [2.24, 2.45) is 10.8 Å². The van der Waals surface area contributed by atoms with E-state index in [0.29, 0.717) is 26.3 Å². The maximum absolute atomic E-state index is 12.4. The number of carbonyl (C=O) groups is 2. The highest BCUT2D eigenvalue weighted by Gasteiger charge is 2.24. The molecule has 1 aromatic heterocycles. The molecule has 2 rings (SSSR count). The number of ether oxygens (including phenoxy) is 1. The Morgan fingerprint density at radius 2 is 2.17 bits per heavy atom. The fourth-order valence-electron chi connectivity index (χ4n) is 1.91. The number of anilines is 1. The van der Waals surface area contributed by atoms with Crippen LogP contribution in [0.5, 0.6) is 0 Å². The number of imidazole rings is 1. The van der Waals surface area contributed by atoms with Crippen LogP contribution >= 0.6 is 12.2 Å². The van der Waals surface area contributed by atoms with Crippen molar-refractivity contribution in [3.05, 3.63) is 12.0 Å². The van der Waals surface area contributed by atoms with Gasteiger partial charge in [-0.25, -0.2) is 4.98 Å². The number of aromatic nitrogens is 2. The van der Waals surface area contributed by atoms with E-state index in [1.165, 1.54) is 13.4 Å². The molecule has 0 aromatic carbocycles. The summed E-state index contributed by atoms with van der Waals surface area (Å²) in [6.07, 6.45) is 1.33. The van der Waals surface area contributed by atoms with E-state index >= 15 is 0 Å². The number of nitrogens with one attached hydrogen (secondary N) is 3. The lowest BCUT2D eigenvalue weighted by Gasteiger charge is -2.26. The zero-order valence-corrected chi connectivity index (χ0v) is 13.3. The first kappa shape index (κ1) is 16.8. The molecule has 5 N–H and O–H groups in total. The van der Waals surface area contributed by atoms with Gasteiger partial charge in [-0.2, -0.15) is 5.10 Å². The van der Waals surface area contributed by atoms with Gasteiger partial charge in [-0.15, -0.1) is 0 Å². The summed E-state index contributed by atoms with van der Waals surface area (Å²) in [7, 11) is 1.48. The van der Waals surface area contributed by atoms with Crippen molar-refractivity contribution < 1.29 is 14.3 Å². The van der Waals surface area contributed by atoms with E-state index in [-0.39, 0.29) is 28.1 Å². The van der Waals surface area contributed by atoms with Gasteiger partial charge in [-0.3, -0.25) is 15.0 Å². The van der Waals surface area contributed by atoms with E-state index in [0.717, 1.165) is 0 Å². The fourth-order valence-corrected chi connectivity index (χ4v) is 2.04. The molecule has 1 saturated heterocycles. The normalized spacial score (nSPS) is 15.2. The first-order valence-electron chi connectivity index (χ1n) is 6.80. The van der Waals surface area contributed by atoms with Crippen LogP contribution in [-0.2, 0) is 9.53 Å². The predicted octanol–water partition coefficient (Wildman–Crippen LogP) is -1.32. The second-order valence-electron chi connectivity index (χ2n) is 4.55. The monoisotopic (exact) mass is 339 g/mol. The number of hydrogen-bond donors (Lipinski definition) is 4. The Hall–Kier alpha value is -2.53. The minimum Gasteiger partial charge on any atom is -0.388 e. The highest BCUT2D eigenvalue weighted by molar-refractivity contribution is 7.82. The van der Waals surface area contributed by atoms with E-state index in [1.54, 1.807) is 4.90 Å². The molecule has 0 saturated carbocycles. The number of nitrogens with two attached hydrogens (primary N) is 1. The Bertz CT molecular complexity index is 636. The van der Waals surface area contributed by atoms with Crippen LogP contribution in [0.3, 0.4) is 0 Å². The summed E-state index contributed by atoms with van der Waals surface area (Å²) in [5.74, 6) is -0.616. The van der Waals surface area contributed by atoms with Crippen LogP contribution in [0.1, 0.15) is 10.5 Å². The van der Waals surface area contributed by atoms with Crippen molar-refractivity contribution in [1.29, 1.82) is 0 Å². The molecule has 23 heavy (non-hydrogen) atoms. The number of amides is 2. The molecular formula is C12H17N7O3S. The average Bonchev–Trinajstić information content (AvgIpc) is 3.03. The summed E-state index contributed by atoms with van der Waals surface area (Å²) >= 11 is 4.89. The van der Waals surface area contributed by atoms with Gasteiger partial charge in [0.1, 0.15) is 10.7 Å². The highest BCUT2D eigenvalue weighted by atomic mass is 32.1. The third-order valence-corrected chi connectivity index (χ3v) is 3.29. The molecule has 0 bridgehead atoms. The fraction of sp³-hybridized carbons (Fsp3) is 0.417. The lowest BCUT2D eigenvalue weighted by Crippen LogP contribution is -2.47. The molecule has 2 amide bonds. The first-order valence-corrected chi connectivity index (χ1v) is 7.21. The summed E-state index contributed by atoms with van der Waals surface area (Å²) in [5, 5.41) is 6.38.